The number of nitrogens with zero attached hydrogens (tertiary/aromatic N) is 1. The molecule has 0 unspecified atom stereocenters. The van der Waals surface area contributed by atoms with Gasteiger partial charge in [-0.1, -0.05) is 53.7 Å². The summed E-state index contributed by atoms with van der Waals surface area (Å²) in [7, 11) is 0. The van der Waals surface area contributed by atoms with Crippen molar-refractivity contribution >= 4 is 67.3 Å². The summed E-state index contributed by atoms with van der Waals surface area (Å²) in [6, 6.07) is 19.6. The molecule has 0 saturated heterocycles. The van der Waals surface area contributed by atoms with Gasteiger partial charge in [0.2, 0.25) is 5.91 Å². The van der Waals surface area contributed by atoms with E-state index in [2.05, 4.69) is 16.4 Å². The average Bonchev–Trinajstić information content (AvgIpc) is 3.02. The van der Waals surface area contributed by atoms with Crippen molar-refractivity contribution in [2.75, 3.05) is 11.1 Å². The standard InChI is InChI=1S/C19H13ClN2OS2/c20-14-6-8-17-16(10-14)22-19(25-17)24-11-18(23)21-15-7-5-12-3-1-2-4-13(12)9-15/h1-10H,11H2,(H,21,23). The molecular formula is C19H13ClN2OS2. The van der Waals surface area contributed by atoms with E-state index in [1.54, 1.807) is 11.3 Å². The van der Waals surface area contributed by atoms with Gasteiger partial charge in [-0.15, -0.1) is 11.3 Å². The normalized spacial score (nSPS) is 11.1. The summed E-state index contributed by atoms with van der Waals surface area (Å²) in [6.07, 6.45) is 0. The van der Waals surface area contributed by atoms with Gasteiger partial charge in [-0.25, -0.2) is 4.98 Å². The number of carbonyl (C=O) groups is 1. The Morgan fingerprint density at radius 1 is 1.08 bits per heavy atom. The highest BCUT2D eigenvalue weighted by molar-refractivity contribution is 8.01. The Kier molecular flexibility index (Phi) is 4.61. The fourth-order valence-electron chi connectivity index (χ4n) is 2.53. The molecule has 6 heteroatoms. The summed E-state index contributed by atoms with van der Waals surface area (Å²) >= 11 is 8.99. The fourth-order valence-corrected chi connectivity index (χ4v) is 4.55. The Labute approximate surface area is 158 Å². The van der Waals surface area contributed by atoms with Gasteiger partial charge in [0.05, 0.1) is 16.0 Å². The van der Waals surface area contributed by atoms with Gasteiger partial charge < -0.3 is 5.32 Å². The topological polar surface area (TPSA) is 42.0 Å². The van der Waals surface area contributed by atoms with Crippen LogP contribution in [-0.4, -0.2) is 16.6 Å². The maximum absolute atomic E-state index is 12.2. The highest BCUT2D eigenvalue weighted by Crippen LogP contribution is 2.31. The molecule has 0 aliphatic carbocycles. The molecule has 0 bridgehead atoms. The largest absolute Gasteiger partial charge is 0.325 e. The van der Waals surface area contributed by atoms with E-state index in [-0.39, 0.29) is 5.91 Å². The molecular weight excluding hydrogens is 372 g/mol. The van der Waals surface area contributed by atoms with Gasteiger partial charge in [0.25, 0.3) is 0 Å². The van der Waals surface area contributed by atoms with Crippen LogP contribution in [0.3, 0.4) is 0 Å². The number of thiazole rings is 1. The number of benzene rings is 3. The predicted octanol–water partition coefficient (Wildman–Crippen LogP) is 5.83. The highest BCUT2D eigenvalue weighted by atomic mass is 35.5. The lowest BCUT2D eigenvalue weighted by atomic mass is 10.1. The summed E-state index contributed by atoms with van der Waals surface area (Å²) in [6.45, 7) is 0. The molecule has 0 aliphatic rings. The number of aromatic nitrogens is 1. The molecule has 1 heterocycles. The number of fused-ring (bicyclic) bond motifs is 2. The molecule has 4 aromatic rings. The minimum Gasteiger partial charge on any atom is -0.325 e. The number of carbonyl (C=O) groups excluding carboxylic acids is 1. The third kappa shape index (κ3) is 3.79. The smallest absolute Gasteiger partial charge is 0.234 e. The lowest BCUT2D eigenvalue weighted by molar-refractivity contribution is -0.113. The summed E-state index contributed by atoms with van der Waals surface area (Å²) in [4.78, 5) is 16.7. The van der Waals surface area contributed by atoms with E-state index < -0.39 is 0 Å². The van der Waals surface area contributed by atoms with E-state index in [1.807, 2.05) is 54.6 Å². The highest BCUT2D eigenvalue weighted by Gasteiger charge is 2.09. The minimum atomic E-state index is -0.0439. The van der Waals surface area contributed by atoms with Crippen LogP contribution in [0.25, 0.3) is 21.0 Å². The Morgan fingerprint density at radius 2 is 1.92 bits per heavy atom. The van der Waals surface area contributed by atoms with E-state index in [1.165, 1.54) is 11.8 Å². The third-order valence-electron chi connectivity index (χ3n) is 3.69. The number of hydrogen-bond donors (Lipinski definition) is 1. The molecule has 3 nitrogen and oxygen atoms in total. The first-order chi connectivity index (χ1) is 12.2. The van der Waals surface area contributed by atoms with Gasteiger partial charge in [0, 0.05) is 10.7 Å². The molecule has 0 radical (unpaired) electrons. The summed E-state index contributed by atoms with van der Waals surface area (Å²) in [5, 5.41) is 5.88. The Balaban J connectivity index is 1.42. The first kappa shape index (κ1) is 16.4. The van der Waals surface area contributed by atoms with E-state index in [0.717, 1.165) is 31.0 Å². The second-order valence-corrected chi connectivity index (χ2v) is 8.18. The molecule has 0 aliphatic heterocycles. The molecule has 0 atom stereocenters. The maximum atomic E-state index is 12.2. The zero-order chi connectivity index (χ0) is 17.2. The number of anilines is 1. The molecule has 25 heavy (non-hydrogen) atoms. The van der Waals surface area contributed by atoms with E-state index in [9.17, 15) is 4.79 Å². The second-order valence-electron chi connectivity index (χ2n) is 5.49. The minimum absolute atomic E-state index is 0.0439. The number of hydrogen-bond acceptors (Lipinski definition) is 4. The van der Waals surface area contributed by atoms with Crippen LogP contribution in [-0.2, 0) is 4.79 Å². The molecule has 4 rings (SSSR count). The van der Waals surface area contributed by atoms with Crippen LogP contribution in [0.2, 0.25) is 5.02 Å². The van der Waals surface area contributed by atoms with E-state index in [4.69, 9.17) is 11.6 Å². The zero-order valence-electron chi connectivity index (χ0n) is 13.0. The molecule has 0 fully saturated rings. The van der Waals surface area contributed by atoms with Crippen molar-refractivity contribution in [3.63, 3.8) is 0 Å². The van der Waals surface area contributed by atoms with Gasteiger partial charge in [0.1, 0.15) is 0 Å². The second kappa shape index (κ2) is 7.04. The van der Waals surface area contributed by atoms with Gasteiger partial charge in [0.15, 0.2) is 4.34 Å². The van der Waals surface area contributed by atoms with Crippen molar-refractivity contribution in [3.8, 4) is 0 Å². The van der Waals surface area contributed by atoms with Crippen molar-refractivity contribution in [2.24, 2.45) is 0 Å². The lowest BCUT2D eigenvalue weighted by Crippen LogP contribution is -2.13. The predicted molar refractivity (Wildman–Crippen MR) is 108 cm³/mol. The van der Waals surface area contributed by atoms with Crippen LogP contribution in [0.1, 0.15) is 0 Å². The number of nitrogens with one attached hydrogen (secondary N) is 1. The monoisotopic (exact) mass is 384 g/mol. The third-order valence-corrected chi connectivity index (χ3v) is 6.10. The van der Waals surface area contributed by atoms with Gasteiger partial charge in [-0.2, -0.15) is 0 Å². The number of amides is 1. The van der Waals surface area contributed by atoms with Crippen LogP contribution in [0.5, 0.6) is 0 Å². The summed E-state index contributed by atoms with van der Waals surface area (Å²) < 4.78 is 1.94. The summed E-state index contributed by atoms with van der Waals surface area (Å²) in [5.74, 6) is 0.276. The zero-order valence-corrected chi connectivity index (χ0v) is 15.4. The van der Waals surface area contributed by atoms with Gasteiger partial charge >= 0.3 is 0 Å². The molecule has 1 N–H and O–H groups in total. The molecule has 1 amide bonds. The quantitative estimate of drug-likeness (QED) is 0.450. The summed E-state index contributed by atoms with van der Waals surface area (Å²) in [5.41, 5.74) is 1.68. The molecule has 1 aromatic heterocycles. The Bertz CT molecular complexity index is 1080. The lowest BCUT2D eigenvalue weighted by Gasteiger charge is -2.06. The molecule has 3 aromatic carbocycles. The Hall–Kier alpha value is -2.08. The number of rotatable bonds is 4. The SMILES string of the molecule is O=C(CSc1nc2cc(Cl)ccc2s1)Nc1ccc2ccccc2c1. The van der Waals surface area contributed by atoms with Crippen molar-refractivity contribution in [2.45, 2.75) is 4.34 Å². The molecule has 124 valence electrons. The van der Waals surface area contributed by atoms with Crippen molar-refractivity contribution in [3.05, 3.63) is 65.7 Å². The first-order valence-electron chi connectivity index (χ1n) is 7.65. The van der Waals surface area contributed by atoms with Crippen molar-refractivity contribution < 1.29 is 4.79 Å². The first-order valence-corrected chi connectivity index (χ1v) is 9.83. The van der Waals surface area contributed by atoms with Crippen LogP contribution < -0.4 is 5.32 Å². The van der Waals surface area contributed by atoms with Crippen molar-refractivity contribution in [1.29, 1.82) is 0 Å². The van der Waals surface area contributed by atoms with Crippen LogP contribution in [0.15, 0.2) is 65.0 Å². The molecule has 0 spiro atoms. The van der Waals surface area contributed by atoms with E-state index >= 15 is 0 Å². The average molecular weight is 385 g/mol. The maximum Gasteiger partial charge on any atom is 0.234 e. The fraction of sp³-hybridized carbons (Fsp3) is 0.0526. The number of halogens is 1. The molecule has 0 saturated carbocycles. The number of thioether (sulfide) groups is 1. The van der Waals surface area contributed by atoms with Crippen LogP contribution in [0.4, 0.5) is 5.69 Å². The van der Waals surface area contributed by atoms with Gasteiger partial charge in [-0.05, 0) is 41.1 Å². The van der Waals surface area contributed by atoms with Crippen LogP contribution in [0, 0.1) is 0 Å². The van der Waals surface area contributed by atoms with Crippen LogP contribution >= 0.6 is 34.7 Å². The Morgan fingerprint density at radius 3 is 2.80 bits per heavy atom. The van der Waals surface area contributed by atoms with Crippen molar-refractivity contribution in [1.82, 2.24) is 4.98 Å². The van der Waals surface area contributed by atoms with E-state index in [0.29, 0.717) is 10.8 Å². The van der Waals surface area contributed by atoms with Gasteiger partial charge in [-0.3, -0.25) is 4.79 Å².